The van der Waals surface area contributed by atoms with Crippen molar-refractivity contribution in [2.75, 3.05) is 45.2 Å². The molecule has 12 heteroatoms. The summed E-state index contributed by atoms with van der Waals surface area (Å²) in [7, 11) is 1.46. The standard InChI is InChI=1S/C28H29F3N6O3/c1-3-36-10-12-37(13-11-36)16-19-4-6-20(15-22(19)28(29,30)31)35-26(38)18-5-7-23(39-2)24(14-18)40-27-21-8-9-32-25(21)33-17-34-27/h4-9,14-15,17H,3,10-13,16H2,1-2H3,(H,35,38)(H,32,33,34). The largest absolute Gasteiger partial charge is 0.493 e. The molecular weight excluding hydrogens is 525 g/mol. The van der Waals surface area contributed by atoms with Gasteiger partial charge in [-0.2, -0.15) is 13.2 Å². The number of hydrogen-bond donors (Lipinski definition) is 2. The Morgan fingerprint density at radius 1 is 1.02 bits per heavy atom. The van der Waals surface area contributed by atoms with Gasteiger partial charge in [0, 0.05) is 50.2 Å². The van der Waals surface area contributed by atoms with E-state index >= 15 is 0 Å². The van der Waals surface area contributed by atoms with Crippen LogP contribution >= 0.6 is 0 Å². The molecule has 0 bridgehead atoms. The van der Waals surface area contributed by atoms with Crippen LogP contribution in [0.25, 0.3) is 11.0 Å². The van der Waals surface area contributed by atoms with E-state index in [1.807, 2.05) is 4.90 Å². The summed E-state index contributed by atoms with van der Waals surface area (Å²) < 4.78 is 53.3. The molecule has 1 amide bonds. The lowest BCUT2D eigenvalue weighted by atomic mass is 10.0. The number of alkyl halides is 3. The van der Waals surface area contributed by atoms with Gasteiger partial charge in [0.05, 0.1) is 18.1 Å². The number of hydrogen-bond acceptors (Lipinski definition) is 7. The van der Waals surface area contributed by atoms with Crippen LogP contribution in [0.2, 0.25) is 0 Å². The van der Waals surface area contributed by atoms with Gasteiger partial charge in [0.2, 0.25) is 5.88 Å². The second-order valence-electron chi connectivity index (χ2n) is 9.42. The number of carbonyl (C=O) groups excluding carboxylic acids is 1. The first-order chi connectivity index (χ1) is 19.2. The van der Waals surface area contributed by atoms with Crippen molar-refractivity contribution in [1.29, 1.82) is 0 Å². The predicted octanol–water partition coefficient (Wildman–Crippen LogP) is 5.17. The van der Waals surface area contributed by atoms with Gasteiger partial charge in [-0.15, -0.1) is 0 Å². The third-order valence-electron chi connectivity index (χ3n) is 6.93. The first-order valence-electron chi connectivity index (χ1n) is 12.9. The topological polar surface area (TPSA) is 95.6 Å². The summed E-state index contributed by atoms with van der Waals surface area (Å²) in [5.41, 5.74) is 0.198. The minimum atomic E-state index is -4.57. The molecule has 210 valence electrons. The Kier molecular flexibility index (Phi) is 7.90. The van der Waals surface area contributed by atoms with Crippen molar-refractivity contribution in [3.8, 4) is 17.4 Å². The van der Waals surface area contributed by atoms with Crippen LogP contribution in [0.3, 0.4) is 0 Å². The SMILES string of the molecule is CCN1CCN(Cc2ccc(NC(=O)c3ccc(OC)c(Oc4ncnc5[nH]ccc45)c3)cc2C(F)(F)F)CC1. The molecule has 2 aromatic carbocycles. The van der Waals surface area contributed by atoms with Crippen molar-refractivity contribution in [2.24, 2.45) is 0 Å². The van der Waals surface area contributed by atoms with Gasteiger partial charge in [-0.25, -0.2) is 9.97 Å². The van der Waals surface area contributed by atoms with Gasteiger partial charge in [0.15, 0.2) is 11.5 Å². The van der Waals surface area contributed by atoms with Crippen LogP contribution < -0.4 is 14.8 Å². The highest BCUT2D eigenvalue weighted by Gasteiger charge is 2.34. The number of aromatic amines is 1. The highest BCUT2D eigenvalue weighted by molar-refractivity contribution is 6.04. The van der Waals surface area contributed by atoms with Gasteiger partial charge in [0.1, 0.15) is 12.0 Å². The lowest BCUT2D eigenvalue weighted by Crippen LogP contribution is -2.45. The Bertz CT molecular complexity index is 1500. The van der Waals surface area contributed by atoms with Crippen molar-refractivity contribution < 1.29 is 27.4 Å². The summed E-state index contributed by atoms with van der Waals surface area (Å²) in [6, 6.07) is 10.2. The number of rotatable bonds is 8. The molecule has 1 fully saturated rings. The first-order valence-corrected chi connectivity index (χ1v) is 12.9. The number of methoxy groups -OCH3 is 1. The number of nitrogens with zero attached hydrogens (tertiary/aromatic N) is 4. The molecule has 0 unspecified atom stereocenters. The summed E-state index contributed by atoms with van der Waals surface area (Å²) >= 11 is 0. The molecule has 3 heterocycles. The van der Waals surface area contributed by atoms with Gasteiger partial charge in [-0.05, 0) is 48.5 Å². The smallest absolute Gasteiger partial charge is 0.416 e. The Morgan fingerprint density at radius 3 is 2.52 bits per heavy atom. The van der Waals surface area contributed by atoms with E-state index in [4.69, 9.17) is 9.47 Å². The van der Waals surface area contributed by atoms with Crippen molar-refractivity contribution >= 4 is 22.6 Å². The normalized spacial score (nSPS) is 14.8. The van der Waals surface area contributed by atoms with Gasteiger partial charge < -0.3 is 24.7 Å². The second-order valence-corrected chi connectivity index (χ2v) is 9.42. The molecule has 0 saturated carbocycles. The van der Waals surface area contributed by atoms with Gasteiger partial charge in [0.25, 0.3) is 5.91 Å². The number of ether oxygens (including phenoxy) is 2. The van der Waals surface area contributed by atoms with Crippen LogP contribution in [0.5, 0.6) is 17.4 Å². The zero-order valence-electron chi connectivity index (χ0n) is 22.1. The van der Waals surface area contributed by atoms with Crippen molar-refractivity contribution in [2.45, 2.75) is 19.6 Å². The average Bonchev–Trinajstić information content (AvgIpc) is 3.44. The third kappa shape index (κ3) is 6.02. The first kappa shape index (κ1) is 27.4. The molecular formula is C28H29F3N6O3. The molecule has 0 radical (unpaired) electrons. The van der Waals surface area contributed by atoms with Crippen LogP contribution in [-0.2, 0) is 12.7 Å². The Balaban J connectivity index is 1.35. The van der Waals surface area contributed by atoms with Crippen LogP contribution in [0.1, 0.15) is 28.4 Å². The molecule has 0 spiro atoms. The van der Waals surface area contributed by atoms with Crippen LogP contribution in [0.15, 0.2) is 55.0 Å². The van der Waals surface area contributed by atoms with Crippen LogP contribution in [0, 0.1) is 0 Å². The van der Waals surface area contributed by atoms with Gasteiger partial charge in [-0.3, -0.25) is 9.69 Å². The number of benzene rings is 2. The van der Waals surface area contributed by atoms with E-state index in [9.17, 15) is 18.0 Å². The molecule has 5 rings (SSSR count). The highest BCUT2D eigenvalue weighted by atomic mass is 19.4. The zero-order valence-corrected chi connectivity index (χ0v) is 22.1. The minimum absolute atomic E-state index is 0.0417. The molecule has 9 nitrogen and oxygen atoms in total. The Morgan fingerprint density at radius 2 is 1.80 bits per heavy atom. The maximum Gasteiger partial charge on any atom is 0.416 e. The number of fused-ring (bicyclic) bond motifs is 1. The molecule has 0 atom stereocenters. The molecule has 40 heavy (non-hydrogen) atoms. The maximum atomic E-state index is 14.0. The fourth-order valence-electron chi connectivity index (χ4n) is 4.70. The predicted molar refractivity (Wildman–Crippen MR) is 144 cm³/mol. The Hall–Kier alpha value is -4.16. The number of nitrogens with one attached hydrogen (secondary N) is 2. The summed E-state index contributed by atoms with van der Waals surface area (Å²) in [4.78, 5) is 28.6. The quantitative estimate of drug-likeness (QED) is 0.310. The fourth-order valence-corrected chi connectivity index (χ4v) is 4.70. The molecule has 4 aromatic rings. The number of piperazine rings is 1. The minimum Gasteiger partial charge on any atom is -0.493 e. The summed E-state index contributed by atoms with van der Waals surface area (Å²) in [6.45, 7) is 6.25. The molecule has 2 aromatic heterocycles. The molecule has 1 aliphatic heterocycles. The average molecular weight is 555 g/mol. The zero-order chi connectivity index (χ0) is 28.3. The van der Waals surface area contributed by atoms with Crippen molar-refractivity contribution in [3.05, 3.63) is 71.7 Å². The number of carbonyl (C=O) groups is 1. The van der Waals surface area contributed by atoms with E-state index in [1.165, 1.54) is 37.7 Å². The van der Waals surface area contributed by atoms with Crippen molar-refractivity contribution in [1.82, 2.24) is 24.8 Å². The molecule has 1 saturated heterocycles. The maximum absolute atomic E-state index is 14.0. The molecule has 0 aliphatic carbocycles. The monoisotopic (exact) mass is 554 g/mol. The highest BCUT2D eigenvalue weighted by Crippen LogP contribution is 2.36. The summed E-state index contributed by atoms with van der Waals surface area (Å²) in [5, 5.41) is 3.21. The fraction of sp³-hybridized carbons (Fsp3) is 0.321. The van der Waals surface area contributed by atoms with Crippen molar-refractivity contribution in [3.63, 3.8) is 0 Å². The van der Waals surface area contributed by atoms with E-state index in [0.29, 0.717) is 29.9 Å². The van der Waals surface area contributed by atoms with E-state index in [0.717, 1.165) is 25.7 Å². The van der Waals surface area contributed by atoms with E-state index in [-0.39, 0.29) is 35.0 Å². The van der Waals surface area contributed by atoms with Crippen LogP contribution in [-0.4, -0.2) is 70.5 Å². The third-order valence-corrected chi connectivity index (χ3v) is 6.93. The van der Waals surface area contributed by atoms with Gasteiger partial charge in [-0.1, -0.05) is 13.0 Å². The van der Waals surface area contributed by atoms with E-state index in [2.05, 4.69) is 32.1 Å². The lowest BCUT2D eigenvalue weighted by molar-refractivity contribution is -0.138. The second kappa shape index (κ2) is 11.5. The number of anilines is 1. The van der Waals surface area contributed by atoms with Gasteiger partial charge >= 0.3 is 6.18 Å². The molecule has 2 N–H and O–H groups in total. The number of likely N-dealkylation sites (N-methyl/N-ethyl adjacent to an activating group) is 1. The lowest BCUT2D eigenvalue weighted by Gasteiger charge is -2.34. The number of aromatic nitrogens is 3. The number of halogens is 3. The van der Waals surface area contributed by atoms with E-state index < -0.39 is 17.6 Å². The number of H-pyrrole nitrogens is 1. The number of amides is 1. The molecule has 1 aliphatic rings. The summed E-state index contributed by atoms with van der Waals surface area (Å²) in [6.07, 6.45) is -1.53. The Labute approximate surface area is 228 Å². The van der Waals surface area contributed by atoms with E-state index in [1.54, 1.807) is 18.3 Å². The summed E-state index contributed by atoms with van der Waals surface area (Å²) in [5.74, 6) is 0.218. The van der Waals surface area contributed by atoms with Crippen LogP contribution in [0.4, 0.5) is 18.9 Å².